The average molecular weight is 474 g/mol. The molecule has 0 atom stereocenters. The zero-order valence-electron chi connectivity index (χ0n) is 18.8. The van der Waals surface area contributed by atoms with Crippen LogP contribution in [-0.2, 0) is 12.7 Å². The third kappa shape index (κ3) is 3.67. The Morgan fingerprint density at radius 2 is 1.86 bits per heavy atom. The number of aromatic nitrogens is 5. The van der Waals surface area contributed by atoms with Crippen LogP contribution in [0.15, 0.2) is 54.9 Å². The molecule has 0 spiro atoms. The van der Waals surface area contributed by atoms with E-state index >= 15 is 0 Å². The molecule has 0 radical (unpaired) electrons. The molecule has 1 fully saturated rings. The molecule has 0 unspecified atom stereocenters. The number of nitrogens with two attached hydrogens (primary N) is 1. The Bertz CT molecular complexity index is 1600. The normalized spacial score (nSPS) is 14.2. The lowest BCUT2D eigenvalue weighted by Crippen LogP contribution is -2.10. The topological polar surface area (TPSA) is 82.5 Å². The predicted octanol–water partition coefficient (Wildman–Crippen LogP) is 5.88. The van der Waals surface area contributed by atoms with Crippen molar-refractivity contribution in [3.05, 3.63) is 77.2 Å². The molecule has 0 bridgehead atoms. The third-order valence-corrected chi connectivity index (χ3v) is 6.48. The van der Waals surface area contributed by atoms with Crippen LogP contribution in [0, 0.1) is 6.92 Å². The highest BCUT2D eigenvalue weighted by atomic mass is 19.4. The van der Waals surface area contributed by atoms with Crippen LogP contribution >= 0.6 is 0 Å². The van der Waals surface area contributed by atoms with Gasteiger partial charge in [-0.1, -0.05) is 36.4 Å². The van der Waals surface area contributed by atoms with Crippen molar-refractivity contribution in [2.24, 2.45) is 0 Å². The van der Waals surface area contributed by atoms with Crippen molar-refractivity contribution >= 4 is 27.8 Å². The van der Waals surface area contributed by atoms with Gasteiger partial charge in [0.2, 0.25) is 0 Å². The van der Waals surface area contributed by atoms with Gasteiger partial charge >= 0.3 is 6.18 Å². The van der Waals surface area contributed by atoms with Gasteiger partial charge in [0, 0.05) is 22.4 Å². The molecule has 5 aromatic rings. The van der Waals surface area contributed by atoms with E-state index in [0.717, 1.165) is 40.9 Å². The lowest BCUT2D eigenvalue weighted by atomic mass is 9.97. The summed E-state index contributed by atoms with van der Waals surface area (Å²) < 4.78 is 43.6. The molecule has 2 aromatic carbocycles. The molecular weight excluding hydrogens is 453 g/mol. The molecule has 3 aromatic heterocycles. The summed E-state index contributed by atoms with van der Waals surface area (Å²) in [5.74, 6) is 0.660. The van der Waals surface area contributed by atoms with Gasteiger partial charge in [0.25, 0.3) is 0 Å². The first-order valence-electron chi connectivity index (χ1n) is 11.3. The van der Waals surface area contributed by atoms with E-state index in [4.69, 9.17) is 15.8 Å². The molecule has 0 saturated heterocycles. The molecule has 1 aliphatic carbocycles. The first-order chi connectivity index (χ1) is 16.8. The molecule has 6 nitrogen and oxygen atoms in total. The van der Waals surface area contributed by atoms with E-state index in [1.165, 1.54) is 18.5 Å². The van der Waals surface area contributed by atoms with Gasteiger partial charge in [0.15, 0.2) is 5.65 Å². The lowest BCUT2D eigenvalue weighted by Gasteiger charge is -2.17. The van der Waals surface area contributed by atoms with E-state index < -0.39 is 11.7 Å². The Morgan fingerprint density at radius 3 is 2.63 bits per heavy atom. The van der Waals surface area contributed by atoms with Crippen LogP contribution in [0.5, 0.6) is 0 Å². The maximum absolute atomic E-state index is 14.0. The van der Waals surface area contributed by atoms with Crippen LogP contribution in [-0.4, -0.2) is 24.7 Å². The van der Waals surface area contributed by atoms with Gasteiger partial charge < -0.3 is 5.73 Å². The molecule has 3 heterocycles. The van der Waals surface area contributed by atoms with Crippen molar-refractivity contribution in [2.75, 3.05) is 5.73 Å². The number of fused-ring (bicyclic) bond motifs is 2. The van der Waals surface area contributed by atoms with E-state index in [1.807, 2.05) is 31.2 Å². The predicted molar refractivity (Wildman–Crippen MR) is 128 cm³/mol. The number of para-hydroxylation sites is 1. The molecule has 6 rings (SSSR count). The van der Waals surface area contributed by atoms with Crippen molar-refractivity contribution in [1.82, 2.24) is 24.7 Å². The number of benzene rings is 2. The summed E-state index contributed by atoms with van der Waals surface area (Å²) in [5.41, 5.74) is 9.34. The zero-order valence-corrected chi connectivity index (χ0v) is 18.8. The highest BCUT2D eigenvalue weighted by Crippen LogP contribution is 2.44. The maximum atomic E-state index is 14.0. The fraction of sp³-hybridized carbons (Fsp3) is 0.231. The number of hydrogen-bond donors (Lipinski definition) is 1. The fourth-order valence-electron chi connectivity index (χ4n) is 4.65. The summed E-state index contributed by atoms with van der Waals surface area (Å²) >= 11 is 0. The first kappa shape index (κ1) is 21.5. The number of anilines is 1. The standard InChI is InChI=1S/C26H21F3N6/c1-14-5-4-6-16-11-17(22(33-21(14)16)18-7-2-3-8-19(18)26(27,28)29)12-35-25-20(24(30)31-13-32-25)23(34-35)15-9-10-15/h2-8,11,13,15H,9-10,12H2,1H3,(H2,30,31,32). The van der Waals surface area contributed by atoms with Gasteiger partial charge in [-0.25, -0.2) is 19.6 Å². The number of rotatable bonds is 4. The van der Waals surface area contributed by atoms with Crippen molar-refractivity contribution in [2.45, 2.75) is 38.4 Å². The van der Waals surface area contributed by atoms with E-state index in [1.54, 1.807) is 10.7 Å². The molecule has 35 heavy (non-hydrogen) atoms. The summed E-state index contributed by atoms with van der Waals surface area (Å²) in [5, 5.41) is 6.36. The SMILES string of the molecule is Cc1cccc2cc(Cn3nc(C4CC4)c4c(N)ncnc43)c(-c3ccccc3C(F)(F)F)nc12. The van der Waals surface area contributed by atoms with Gasteiger partial charge in [-0.05, 0) is 37.5 Å². The Kier molecular flexibility index (Phi) is 4.77. The minimum absolute atomic E-state index is 0.0353. The number of pyridine rings is 1. The zero-order chi connectivity index (χ0) is 24.3. The smallest absolute Gasteiger partial charge is 0.383 e. The summed E-state index contributed by atoms with van der Waals surface area (Å²) in [6, 6.07) is 13.2. The Hall–Kier alpha value is -4.01. The first-order valence-corrected chi connectivity index (χ1v) is 11.3. The molecule has 1 saturated carbocycles. The van der Waals surface area contributed by atoms with Crippen molar-refractivity contribution < 1.29 is 13.2 Å². The van der Waals surface area contributed by atoms with Crippen LogP contribution in [0.25, 0.3) is 33.2 Å². The highest BCUT2D eigenvalue weighted by molar-refractivity contribution is 5.89. The van der Waals surface area contributed by atoms with E-state index in [0.29, 0.717) is 28.5 Å². The minimum Gasteiger partial charge on any atom is -0.383 e. The Morgan fingerprint density at radius 1 is 1.06 bits per heavy atom. The van der Waals surface area contributed by atoms with Crippen molar-refractivity contribution in [3.63, 3.8) is 0 Å². The minimum atomic E-state index is -4.52. The van der Waals surface area contributed by atoms with Crippen molar-refractivity contribution in [3.8, 4) is 11.3 Å². The monoisotopic (exact) mass is 474 g/mol. The van der Waals surface area contributed by atoms with Gasteiger partial charge in [-0.15, -0.1) is 0 Å². The molecule has 9 heteroatoms. The lowest BCUT2D eigenvalue weighted by molar-refractivity contribution is -0.137. The van der Waals surface area contributed by atoms with E-state index in [9.17, 15) is 13.2 Å². The average Bonchev–Trinajstić information content (AvgIpc) is 3.61. The second kappa shape index (κ2) is 7.76. The number of nitrogen functional groups attached to an aromatic ring is 1. The third-order valence-electron chi connectivity index (χ3n) is 6.48. The van der Waals surface area contributed by atoms with E-state index in [2.05, 4.69) is 9.97 Å². The molecule has 176 valence electrons. The van der Waals surface area contributed by atoms with Crippen LogP contribution in [0.2, 0.25) is 0 Å². The van der Waals surface area contributed by atoms with Crippen LogP contribution in [0.3, 0.4) is 0 Å². The second-order valence-electron chi connectivity index (χ2n) is 8.96. The number of hydrogen-bond acceptors (Lipinski definition) is 5. The van der Waals surface area contributed by atoms with Gasteiger partial charge in [-0.2, -0.15) is 18.3 Å². The number of nitrogens with zero attached hydrogens (tertiary/aromatic N) is 5. The van der Waals surface area contributed by atoms with Crippen molar-refractivity contribution in [1.29, 1.82) is 0 Å². The van der Waals surface area contributed by atoms with Crippen LogP contribution in [0.1, 0.15) is 41.1 Å². The quantitative estimate of drug-likeness (QED) is 0.352. The summed E-state index contributed by atoms with van der Waals surface area (Å²) in [6.45, 7) is 2.09. The molecule has 0 aliphatic heterocycles. The largest absolute Gasteiger partial charge is 0.417 e. The highest BCUT2D eigenvalue weighted by Gasteiger charge is 2.35. The number of alkyl halides is 3. The second-order valence-corrected chi connectivity index (χ2v) is 8.96. The number of aryl methyl sites for hydroxylation is 1. The summed E-state index contributed by atoms with van der Waals surface area (Å²) in [7, 11) is 0. The summed E-state index contributed by atoms with van der Waals surface area (Å²) in [6.07, 6.45) is -1.10. The molecule has 2 N–H and O–H groups in total. The molecular formula is C26H21F3N6. The maximum Gasteiger partial charge on any atom is 0.417 e. The summed E-state index contributed by atoms with van der Waals surface area (Å²) in [4.78, 5) is 13.3. The van der Waals surface area contributed by atoms with Gasteiger partial charge in [-0.3, -0.25) is 0 Å². The van der Waals surface area contributed by atoms with Crippen LogP contribution < -0.4 is 5.73 Å². The number of halogens is 3. The van der Waals surface area contributed by atoms with Gasteiger partial charge in [0.1, 0.15) is 12.1 Å². The Balaban J connectivity index is 1.59. The van der Waals surface area contributed by atoms with Crippen LogP contribution in [0.4, 0.5) is 19.0 Å². The molecule has 1 aliphatic rings. The molecule has 0 amide bonds. The van der Waals surface area contributed by atoms with E-state index in [-0.39, 0.29) is 17.8 Å². The Labute approximate surface area is 198 Å². The van der Waals surface area contributed by atoms with Gasteiger partial charge in [0.05, 0.1) is 34.4 Å². The fourth-order valence-corrected chi connectivity index (χ4v) is 4.65.